The Labute approximate surface area is 107 Å². The van der Waals surface area contributed by atoms with Crippen LogP contribution in [0.15, 0.2) is 28.8 Å². The summed E-state index contributed by atoms with van der Waals surface area (Å²) >= 11 is 3.41. The number of allylic oxidation sites excluding steroid dienone is 2. The minimum atomic E-state index is 0.476. The fourth-order valence-electron chi connectivity index (χ4n) is 1.66. The molecule has 0 atom stereocenters. The minimum Gasteiger partial charge on any atom is -0.327 e. The molecule has 0 bridgehead atoms. The largest absolute Gasteiger partial charge is 0.327 e. The molecule has 1 aliphatic carbocycles. The van der Waals surface area contributed by atoms with E-state index >= 15 is 0 Å². The first-order valence-electron chi connectivity index (χ1n) is 5.78. The highest BCUT2D eigenvalue weighted by molar-refractivity contribution is 9.18. The van der Waals surface area contributed by atoms with E-state index in [0.29, 0.717) is 12.0 Å². The smallest absolute Gasteiger partial charge is 0.100 e. The predicted molar refractivity (Wildman–Crippen MR) is 75.1 cm³/mol. The molecule has 1 rings (SSSR count). The molecule has 0 unspecified atom stereocenters. The predicted octanol–water partition coefficient (Wildman–Crippen LogP) is 3.43. The van der Waals surface area contributed by atoms with E-state index in [1.165, 1.54) is 24.8 Å². The molecule has 0 radical (unpaired) electrons. The molecule has 2 N–H and O–H groups in total. The lowest BCUT2D eigenvalue weighted by Gasteiger charge is -2.28. The Bertz CT molecular complexity index is 314. The molecule has 0 amide bonds. The lowest BCUT2D eigenvalue weighted by atomic mass is 9.78. The van der Waals surface area contributed by atoms with Crippen LogP contribution in [0.3, 0.4) is 0 Å². The summed E-state index contributed by atoms with van der Waals surface area (Å²) in [7, 11) is 0. The summed E-state index contributed by atoms with van der Waals surface area (Å²) in [4.78, 5) is 4.46. The average Bonchev–Trinajstić information content (AvgIpc) is 2.25. The van der Waals surface area contributed by atoms with Crippen molar-refractivity contribution in [3.05, 3.63) is 23.8 Å². The average molecular weight is 285 g/mol. The number of aliphatic imine (C=N–C) groups is 1. The SMILES string of the molecule is CC1(C)CC=C(CN=C(Br)/C=C\CN)CC1. The molecule has 0 aliphatic heterocycles. The molecule has 16 heavy (non-hydrogen) atoms. The van der Waals surface area contributed by atoms with Crippen LogP contribution < -0.4 is 5.73 Å². The van der Waals surface area contributed by atoms with Crippen LogP contribution in [-0.2, 0) is 0 Å². The van der Waals surface area contributed by atoms with E-state index in [9.17, 15) is 0 Å². The highest BCUT2D eigenvalue weighted by Gasteiger charge is 2.20. The molecular weight excluding hydrogens is 264 g/mol. The Morgan fingerprint density at radius 1 is 1.62 bits per heavy atom. The van der Waals surface area contributed by atoms with Gasteiger partial charge in [-0.25, -0.2) is 0 Å². The highest BCUT2D eigenvalue weighted by atomic mass is 79.9. The number of nitrogens with zero attached hydrogens (tertiary/aromatic N) is 1. The van der Waals surface area contributed by atoms with Crippen molar-refractivity contribution >= 4 is 20.6 Å². The van der Waals surface area contributed by atoms with E-state index in [4.69, 9.17) is 5.73 Å². The van der Waals surface area contributed by atoms with Gasteiger partial charge in [-0.15, -0.1) is 0 Å². The van der Waals surface area contributed by atoms with Gasteiger partial charge >= 0.3 is 0 Å². The second-order valence-corrected chi connectivity index (χ2v) is 5.82. The maximum absolute atomic E-state index is 5.37. The van der Waals surface area contributed by atoms with Gasteiger partial charge in [0.2, 0.25) is 0 Å². The number of hydrogen-bond donors (Lipinski definition) is 1. The van der Waals surface area contributed by atoms with E-state index in [-0.39, 0.29) is 0 Å². The van der Waals surface area contributed by atoms with Gasteiger partial charge in [-0.2, -0.15) is 0 Å². The van der Waals surface area contributed by atoms with Crippen LogP contribution in [0.1, 0.15) is 33.1 Å². The molecule has 0 fully saturated rings. The standard InChI is InChI=1S/C13H21BrN2/c1-13(2)7-5-11(6-8-13)10-16-12(14)4-3-9-15/h3-5H,6-10,15H2,1-2H3/b4-3-,16-12?. The Balaban J connectivity index is 2.45. The number of nitrogens with two attached hydrogens (primary N) is 1. The molecular formula is C13H21BrN2. The third kappa shape index (κ3) is 5.08. The van der Waals surface area contributed by atoms with Crippen molar-refractivity contribution in [2.24, 2.45) is 16.1 Å². The molecule has 0 saturated heterocycles. The quantitative estimate of drug-likeness (QED) is 0.623. The van der Waals surface area contributed by atoms with Crippen LogP contribution in [0.4, 0.5) is 0 Å². The summed E-state index contributed by atoms with van der Waals surface area (Å²) in [6.07, 6.45) is 9.77. The van der Waals surface area contributed by atoms with Crippen molar-refractivity contribution in [3.8, 4) is 0 Å². The zero-order chi connectivity index (χ0) is 12.0. The van der Waals surface area contributed by atoms with Crippen LogP contribution in [0.25, 0.3) is 0 Å². The molecule has 3 heteroatoms. The third-order valence-electron chi connectivity index (χ3n) is 2.89. The second kappa shape index (κ2) is 6.36. The van der Waals surface area contributed by atoms with Gasteiger partial charge in [-0.1, -0.05) is 31.6 Å². The molecule has 90 valence electrons. The van der Waals surface area contributed by atoms with Crippen molar-refractivity contribution in [2.45, 2.75) is 33.1 Å². The number of halogens is 1. The first-order valence-corrected chi connectivity index (χ1v) is 6.57. The van der Waals surface area contributed by atoms with Gasteiger partial charge in [0.05, 0.1) is 6.54 Å². The van der Waals surface area contributed by atoms with Crippen molar-refractivity contribution in [2.75, 3.05) is 13.1 Å². The van der Waals surface area contributed by atoms with Crippen LogP contribution >= 0.6 is 15.9 Å². The van der Waals surface area contributed by atoms with Gasteiger partial charge in [0.1, 0.15) is 4.62 Å². The lowest BCUT2D eigenvalue weighted by molar-refractivity contribution is 0.324. The first-order chi connectivity index (χ1) is 7.53. The zero-order valence-electron chi connectivity index (χ0n) is 10.2. The van der Waals surface area contributed by atoms with E-state index < -0.39 is 0 Å². The fourth-order valence-corrected chi connectivity index (χ4v) is 1.97. The Morgan fingerprint density at radius 2 is 2.38 bits per heavy atom. The van der Waals surface area contributed by atoms with Gasteiger partial charge in [0.25, 0.3) is 0 Å². The minimum absolute atomic E-state index is 0.476. The van der Waals surface area contributed by atoms with Crippen LogP contribution in [0, 0.1) is 5.41 Å². The Hall–Kier alpha value is -0.410. The maximum atomic E-state index is 5.37. The van der Waals surface area contributed by atoms with Crippen molar-refractivity contribution in [3.63, 3.8) is 0 Å². The van der Waals surface area contributed by atoms with E-state index in [1.54, 1.807) is 0 Å². The van der Waals surface area contributed by atoms with Crippen molar-refractivity contribution in [1.82, 2.24) is 0 Å². The van der Waals surface area contributed by atoms with Gasteiger partial charge in [-0.05, 0) is 46.7 Å². The summed E-state index contributed by atoms with van der Waals surface area (Å²) in [6.45, 7) is 6.01. The molecule has 0 aromatic carbocycles. The van der Waals surface area contributed by atoms with E-state index in [0.717, 1.165) is 11.2 Å². The topological polar surface area (TPSA) is 38.4 Å². The summed E-state index contributed by atoms with van der Waals surface area (Å²) in [5, 5.41) is 0. The molecule has 0 aromatic rings. The number of hydrogen-bond acceptors (Lipinski definition) is 2. The summed E-state index contributed by atoms with van der Waals surface area (Å²) < 4.78 is 0.878. The Morgan fingerprint density at radius 3 is 2.94 bits per heavy atom. The lowest BCUT2D eigenvalue weighted by Crippen LogP contribution is -2.15. The third-order valence-corrected chi connectivity index (χ3v) is 3.41. The van der Waals surface area contributed by atoms with Gasteiger partial charge in [0.15, 0.2) is 0 Å². The summed E-state index contributed by atoms with van der Waals surface area (Å²) in [6, 6.07) is 0. The second-order valence-electron chi connectivity index (χ2n) is 5.01. The number of rotatable bonds is 4. The molecule has 0 saturated carbocycles. The molecule has 0 heterocycles. The highest BCUT2D eigenvalue weighted by Crippen LogP contribution is 2.34. The van der Waals surface area contributed by atoms with Crippen LogP contribution in [0.5, 0.6) is 0 Å². The van der Waals surface area contributed by atoms with Crippen molar-refractivity contribution < 1.29 is 0 Å². The van der Waals surface area contributed by atoms with Crippen LogP contribution in [0.2, 0.25) is 0 Å². The molecule has 1 aliphatic rings. The summed E-state index contributed by atoms with van der Waals surface area (Å²) in [5.74, 6) is 0. The Kier molecular flexibility index (Phi) is 5.42. The van der Waals surface area contributed by atoms with E-state index in [2.05, 4.69) is 40.8 Å². The first kappa shape index (κ1) is 13.7. The van der Waals surface area contributed by atoms with Crippen molar-refractivity contribution in [1.29, 1.82) is 0 Å². The summed E-state index contributed by atoms with van der Waals surface area (Å²) in [5.41, 5.74) is 7.30. The zero-order valence-corrected chi connectivity index (χ0v) is 11.8. The molecule has 0 spiro atoms. The normalized spacial score (nSPS) is 21.2. The molecule has 2 nitrogen and oxygen atoms in total. The molecule has 0 aromatic heterocycles. The fraction of sp³-hybridized carbons (Fsp3) is 0.615. The van der Waals surface area contributed by atoms with Crippen LogP contribution in [-0.4, -0.2) is 17.7 Å². The van der Waals surface area contributed by atoms with Gasteiger partial charge < -0.3 is 5.73 Å². The van der Waals surface area contributed by atoms with Gasteiger partial charge in [0, 0.05) is 6.54 Å². The van der Waals surface area contributed by atoms with Gasteiger partial charge in [-0.3, -0.25) is 4.99 Å². The maximum Gasteiger partial charge on any atom is 0.100 e. The van der Waals surface area contributed by atoms with E-state index in [1.807, 2.05) is 12.2 Å². The monoisotopic (exact) mass is 284 g/mol.